The monoisotopic (exact) mass is 204 g/mol. The van der Waals surface area contributed by atoms with Crippen LogP contribution in [0.4, 0.5) is 10.0 Å². The Labute approximate surface area is 87.4 Å². The highest BCUT2D eigenvalue weighted by Gasteiger charge is 1.95. The number of hydrogen-bond acceptors (Lipinski definition) is 3. The highest BCUT2D eigenvalue weighted by atomic mass is 32.1. The first kappa shape index (κ1) is 9.09. The molecule has 14 heavy (non-hydrogen) atoms. The van der Waals surface area contributed by atoms with Crippen molar-refractivity contribution < 1.29 is 0 Å². The summed E-state index contributed by atoms with van der Waals surface area (Å²) in [5.74, 6) is 0. The van der Waals surface area contributed by atoms with Crippen molar-refractivity contribution in [2.24, 2.45) is 0 Å². The van der Waals surface area contributed by atoms with E-state index in [1.54, 1.807) is 11.3 Å². The summed E-state index contributed by atoms with van der Waals surface area (Å²) in [6.07, 6.45) is 0. The summed E-state index contributed by atoms with van der Waals surface area (Å²) < 4.78 is 0. The second-order valence-electron chi connectivity index (χ2n) is 3.04. The Balaban J connectivity index is 1.95. The third-order valence-corrected chi connectivity index (χ3v) is 2.81. The minimum absolute atomic E-state index is 0.848. The van der Waals surface area contributed by atoms with Crippen LogP contribution >= 0.6 is 11.3 Å². The van der Waals surface area contributed by atoms with Gasteiger partial charge in [0.25, 0.3) is 0 Å². The van der Waals surface area contributed by atoms with Crippen LogP contribution in [0.25, 0.3) is 0 Å². The van der Waals surface area contributed by atoms with Crippen LogP contribution in [0.15, 0.2) is 42.5 Å². The van der Waals surface area contributed by atoms with Crippen LogP contribution in [0.3, 0.4) is 0 Å². The van der Waals surface area contributed by atoms with Crippen molar-refractivity contribution in [2.75, 3.05) is 11.1 Å². The van der Waals surface area contributed by atoms with Gasteiger partial charge < -0.3 is 11.1 Å². The van der Waals surface area contributed by atoms with Crippen molar-refractivity contribution in [3.8, 4) is 0 Å². The first-order chi connectivity index (χ1) is 6.84. The molecule has 0 atom stereocenters. The van der Waals surface area contributed by atoms with Crippen LogP contribution in [-0.2, 0) is 6.54 Å². The molecule has 0 radical (unpaired) electrons. The number of nitrogens with two attached hydrogens (primary N) is 1. The van der Waals surface area contributed by atoms with E-state index in [2.05, 4.69) is 17.4 Å². The first-order valence-electron chi connectivity index (χ1n) is 4.48. The molecule has 0 spiro atoms. The molecular weight excluding hydrogens is 192 g/mol. The van der Waals surface area contributed by atoms with Gasteiger partial charge in [0.15, 0.2) is 0 Å². The van der Waals surface area contributed by atoms with E-state index in [9.17, 15) is 0 Å². The van der Waals surface area contributed by atoms with Gasteiger partial charge >= 0.3 is 0 Å². The van der Waals surface area contributed by atoms with Gasteiger partial charge in [0.1, 0.15) is 0 Å². The molecule has 0 bridgehead atoms. The minimum atomic E-state index is 0.848. The van der Waals surface area contributed by atoms with E-state index in [1.165, 1.54) is 5.56 Å². The van der Waals surface area contributed by atoms with Gasteiger partial charge in [0, 0.05) is 6.54 Å². The molecule has 3 heteroatoms. The van der Waals surface area contributed by atoms with Gasteiger partial charge in [-0.15, -0.1) is 11.3 Å². The van der Waals surface area contributed by atoms with Crippen molar-refractivity contribution in [2.45, 2.75) is 6.54 Å². The quantitative estimate of drug-likeness (QED) is 0.806. The van der Waals surface area contributed by atoms with E-state index in [1.807, 2.05) is 30.3 Å². The number of nitrogen functional groups attached to an aromatic ring is 1. The van der Waals surface area contributed by atoms with Crippen molar-refractivity contribution in [3.63, 3.8) is 0 Å². The van der Waals surface area contributed by atoms with Gasteiger partial charge in [0.05, 0.1) is 10.0 Å². The lowest BCUT2D eigenvalue weighted by molar-refractivity contribution is 1.16. The van der Waals surface area contributed by atoms with Crippen LogP contribution in [0.5, 0.6) is 0 Å². The Kier molecular flexibility index (Phi) is 2.70. The molecule has 0 saturated carbocycles. The summed E-state index contributed by atoms with van der Waals surface area (Å²) in [5, 5.41) is 5.29. The van der Waals surface area contributed by atoms with Gasteiger partial charge in [0.2, 0.25) is 0 Å². The highest BCUT2D eigenvalue weighted by Crippen LogP contribution is 2.23. The topological polar surface area (TPSA) is 38.0 Å². The number of hydrogen-bond donors (Lipinski definition) is 2. The molecule has 0 aliphatic rings. The highest BCUT2D eigenvalue weighted by molar-refractivity contribution is 7.19. The maximum atomic E-state index is 5.63. The van der Waals surface area contributed by atoms with Crippen LogP contribution < -0.4 is 11.1 Å². The van der Waals surface area contributed by atoms with E-state index in [4.69, 9.17) is 5.73 Å². The number of nitrogens with one attached hydrogen (secondary N) is 1. The SMILES string of the molecule is Nc1ccc(NCc2ccccc2)s1. The summed E-state index contributed by atoms with van der Waals surface area (Å²) in [4.78, 5) is 0. The molecule has 0 amide bonds. The molecule has 2 aromatic rings. The van der Waals surface area contributed by atoms with Gasteiger partial charge in [-0.2, -0.15) is 0 Å². The standard InChI is InChI=1S/C11H12N2S/c12-10-6-7-11(14-10)13-8-9-4-2-1-3-5-9/h1-7,13H,8,12H2. The van der Waals surface area contributed by atoms with E-state index in [0.717, 1.165) is 16.5 Å². The van der Waals surface area contributed by atoms with Crippen molar-refractivity contribution in [3.05, 3.63) is 48.0 Å². The number of benzene rings is 1. The minimum Gasteiger partial charge on any atom is -0.391 e. The predicted molar refractivity (Wildman–Crippen MR) is 62.5 cm³/mol. The number of thiophene rings is 1. The Bertz CT molecular complexity index is 395. The predicted octanol–water partition coefficient (Wildman–Crippen LogP) is 2.94. The van der Waals surface area contributed by atoms with Gasteiger partial charge in [-0.25, -0.2) is 0 Å². The van der Waals surface area contributed by atoms with Crippen LogP contribution in [0.2, 0.25) is 0 Å². The third kappa shape index (κ3) is 2.26. The van der Waals surface area contributed by atoms with Gasteiger partial charge in [-0.3, -0.25) is 0 Å². The molecule has 72 valence electrons. The molecule has 1 aromatic heterocycles. The zero-order valence-corrected chi connectivity index (χ0v) is 8.55. The number of anilines is 2. The average molecular weight is 204 g/mol. The lowest BCUT2D eigenvalue weighted by Crippen LogP contribution is -1.96. The molecular formula is C11H12N2S. The molecule has 2 rings (SSSR count). The fraction of sp³-hybridized carbons (Fsp3) is 0.0909. The molecule has 0 unspecified atom stereocenters. The van der Waals surface area contributed by atoms with E-state index in [0.29, 0.717) is 0 Å². The largest absolute Gasteiger partial charge is 0.391 e. The molecule has 0 fully saturated rings. The maximum Gasteiger partial charge on any atom is 0.0906 e. The zero-order chi connectivity index (χ0) is 9.80. The van der Waals surface area contributed by atoms with Crippen LogP contribution in [0, 0.1) is 0 Å². The fourth-order valence-corrected chi connectivity index (χ4v) is 1.90. The molecule has 1 heterocycles. The summed E-state index contributed by atoms with van der Waals surface area (Å²) in [7, 11) is 0. The molecule has 0 aliphatic carbocycles. The lowest BCUT2D eigenvalue weighted by atomic mass is 10.2. The molecule has 3 N–H and O–H groups in total. The van der Waals surface area contributed by atoms with Gasteiger partial charge in [-0.1, -0.05) is 30.3 Å². The van der Waals surface area contributed by atoms with E-state index < -0.39 is 0 Å². The third-order valence-electron chi connectivity index (χ3n) is 1.94. The summed E-state index contributed by atoms with van der Waals surface area (Å²) in [5.41, 5.74) is 6.90. The zero-order valence-electron chi connectivity index (χ0n) is 7.73. The lowest BCUT2D eigenvalue weighted by Gasteiger charge is -2.02. The first-order valence-corrected chi connectivity index (χ1v) is 5.29. The fourth-order valence-electron chi connectivity index (χ4n) is 1.23. The summed E-state index contributed by atoms with van der Waals surface area (Å²) in [6, 6.07) is 14.2. The molecule has 1 aromatic carbocycles. The number of rotatable bonds is 3. The summed E-state index contributed by atoms with van der Waals surface area (Å²) >= 11 is 1.57. The Morgan fingerprint density at radius 2 is 1.86 bits per heavy atom. The normalized spacial score (nSPS) is 10.0. The Morgan fingerprint density at radius 3 is 2.50 bits per heavy atom. The average Bonchev–Trinajstić information content (AvgIpc) is 2.63. The van der Waals surface area contributed by atoms with E-state index >= 15 is 0 Å². The second-order valence-corrected chi connectivity index (χ2v) is 4.16. The molecule has 2 nitrogen and oxygen atoms in total. The second kappa shape index (κ2) is 4.15. The Hall–Kier alpha value is -1.48. The maximum absolute atomic E-state index is 5.63. The van der Waals surface area contributed by atoms with Crippen molar-refractivity contribution >= 4 is 21.3 Å². The molecule has 0 saturated heterocycles. The molecule has 0 aliphatic heterocycles. The smallest absolute Gasteiger partial charge is 0.0906 e. The van der Waals surface area contributed by atoms with Crippen LogP contribution in [0.1, 0.15) is 5.56 Å². The summed E-state index contributed by atoms with van der Waals surface area (Å²) in [6.45, 7) is 0.848. The van der Waals surface area contributed by atoms with Crippen molar-refractivity contribution in [1.82, 2.24) is 0 Å². The van der Waals surface area contributed by atoms with Crippen molar-refractivity contribution in [1.29, 1.82) is 0 Å². The van der Waals surface area contributed by atoms with Crippen LogP contribution in [-0.4, -0.2) is 0 Å². The van der Waals surface area contributed by atoms with Gasteiger partial charge in [-0.05, 0) is 17.7 Å². The van der Waals surface area contributed by atoms with E-state index in [-0.39, 0.29) is 0 Å². The Morgan fingerprint density at radius 1 is 1.07 bits per heavy atom.